The van der Waals surface area contributed by atoms with Gasteiger partial charge >= 0.3 is 0 Å². The maximum absolute atomic E-state index is 11.8. The molecule has 0 bridgehead atoms. The molecule has 2 aromatic carbocycles. The fourth-order valence-corrected chi connectivity index (χ4v) is 8.72. The molecule has 0 unspecified atom stereocenters. The van der Waals surface area contributed by atoms with Gasteiger partial charge in [-0.05, 0) is 40.4 Å². The van der Waals surface area contributed by atoms with E-state index in [1.807, 2.05) is 6.92 Å². The molecular formula is C23H28O2Si. The quantitative estimate of drug-likeness (QED) is 0.759. The second-order valence-electron chi connectivity index (χ2n) is 8.16. The molecule has 26 heavy (non-hydrogen) atoms. The summed E-state index contributed by atoms with van der Waals surface area (Å²) in [5, 5.41) is 2.52. The number of carbonyl (C=O) groups excluding carboxylic acids is 1. The molecule has 0 aliphatic heterocycles. The van der Waals surface area contributed by atoms with Gasteiger partial charge in [0.1, 0.15) is 0 Å². The minimum absolute atomic E-state index is 0.000922. The molecule has 1 aliphatic rings. The maximum atomic E-state index is 11.8. The molecule has 2 nitrogen and oxygen atoms in total. The van der Waals surface area contributed by atoms with E-state index >= 15 is 0 Å². The molecule has 136 valence electrons. The Kier molecular flexibility index (Phi) is 5.31. The molecule has 0 fully saturated rings. The summed E-state index contributed by atoms with van der Waals surface area (Å²) in [6.45, 7) is 8.88. The third-order valence-electron chi connectivity index (χ3n) is 5.29. The number of ketones is 1. The second kappa shape index (κ2) is 7.34. The van der Waals surface area contributed by atoms with Crippen LogP contribution >= 0.6 is 0 Å². The number of hydrogen-bond acceptors (Lipinski definition) is 2. The monoisotopic (exact) mass is 364 g/mol. The summed E-state index contributed by atoms with van der Waals surface area (Å²) in [5.41, 5.74) is 1.05. The van der Waals surface area contributed by atoms with Gasteiger partial charge in [0.2, 0.25) is 0 Å². The van der Waals surface area contributed by atoms with Gasteiger partial charge in [-0.2, -0.15) is 0 Å². The lowest BCUT2D eigenvalue weighted by molar-refractivity contribution is -0.115. The van der Waals surface area contributed by atoms with Crippen LogP contribution in [-0.2, 0) is 9.22 Å². The summed E-state index contributed by atoms with van der Waals surface area (Å²) in [4.78, 5) is 11.8. The largest absolute Gasteiger partial charge is 0.401 e. The molecule has 1 aliphatic carbocycles. The highest BCUT2D eigenvalue weighted by molar-refractivity contribution is 6.99. The molecule has 0 spiro atoms. The molecule has 2 aromatic rings. The first-order valence-electron chi connectivity index (χ1n) is 9.34. The lowest BCUT2D eigenvalue weighted by Crippen LogP contribution is -2.67. The zero-order valence-corrected chi connectivity index (χ0v) is 17.2. The first-order valence-corrected chi connectivity index (χ1v) is 11.3. The van der Waals surface area contributed by atoms with Crippen molar-refractivity contribution < 1.29 is 9.22 Å². The molecule has 0 radical (unpaired) electrons. The van der Waals surface area contributed by atoms with Crippen LogP contribution in [0.1, 0.15) is 40.5 Å². The topological polar surface area (TPSA) is 26.3 Å². The normalized spacial score (nSPS) is 18.5. The van der Waals surface area contributed by atoms with Crippen molar-refractivity contribution >= 4 is 24.5 Å². The van der Waals surface area contributed by atoms with Crippen LogP contribution in [0.25, 0.3) is 0 Å². The van der Waals surface area contributed by atoms with Crippen LogP contribution < -0.4 is 10.4 Å². The lowest BCUT2D eigenvalue weighted by Gasteiger charge is -2.45. The van der Waals surface area contributed by atoms with Gasteiger partial charge in [-0.15, -0.1) is 0 Å². The summed E-state index contributed by atoms with van der Waals surface area (Å²) in [7, 11) is -2.55. The number of benzene rings is 2. The fourth-order valence-electron chi connectivity index (χ4n) is 3.98. The molecule has 0 saturated heterocycles. The minimum atomic E-state index is -2.55. The number of hydrogen-bond donors (Lipinski definition) is 0. The van der Waals surface area contributed by atoms with Crippen LogP contribution in [0.4, 0.5) is 0 Å². The zero-order valence-electron chi connectivity index (χ0n) is 16.2. The van der Waals surface area contributed by atoms with E-state index < -0.39 is 8.32 Å². The number of carbonyl (C=O) groups is 1. The van der Waals surface area contributed by atoms with Crippen molar-refractivity contribution in [2.24, 2.45) is 0 Å². The van der Waals surface area contributed by atoms with Gasteiger partial charge in [0.25, 0.3) is 8.32 Å². The van der Waals surface area contributed by atoms with Gasteiger partial charge < -0.3 is 4.43 Å². The molecule has 0 aromatic heterocycles. The van der Waals surface area contributed by atoms with Crippen LogP contribution in [0.3, 0.4) is 0 Å². The van der Waals surface area contributed by atoms with E-state index in [0.717, 1.165) is 12.0 Å². The average Bonchev–Trinajstić information content (AvgIpc) is 2.62. The first kappa shape index (κ1) is 18.8. The van der Waals surface area contributed by atoms with Gasteiger partial charge in [0.15, 0.2) is 5.78 Å². The number of allylic oxidation sites excluding steroid dienone is 1. The maximum Gasteiger partial charge on any atom is 0.261 e. The van der Waals surface area contributed by atoms with Crippen molar-refractivity contribution in [2.75, 3.05) is 0 Å². The second-order valence-corrected chi connectivity index (χ2v) is 12.4. The van der Waals surface area contributed by atoms with E-state index in [1.54, 1.807) is 6.08 Å². The predicted octanol–water partition coefficient (Wildman–Crippen LogP) is 4.24. The molecule has 3 rings (SSSR count). The molecule has 3 heteroatoms. The molecule has 0 amide bonds. The molecule has 1 atom stereocenters. The van der Waals surface area contributed by atoms with E-state index in [1.165, 1.54) is 10.4 Å². The Labute approximate surface area is 158 Å². The van der Waals surface area contributed by atoms with Crippen molar-refractivity contribution in [3.63, 3.8) is 0 Å². The summed E-state index contributed by atoms with van der Waals surface area (Å²) in [6.07, 6.45) is 3.11. The van der Waals surface area contributed by atoms with E-state index in [4.69, 9.17) is 4.43 Å². The standard InChI is InChI=1S/C23H28O2Si/c1-18-17-19(24)15-16-22(18)25-26(23(2,3)4,20-11-7-5-8-12-20)21-13-9-6-10-14-21/h5-14,17,22H,15-16H2,1-4H3/t22-/m0/s1. The van der Waals surface area contributed by atoms with Crippen molar-refractivity contribution in [2.45, 2.75) is 51.7 Å². The fraction of sp³-hybridized carbons (Fsp3) is 0.348. The highest BCUT2D eigenvalue weighted by Crippen LogP contribution is 2.39. The third-order valence-corrected chi connectivity index (χ3v) is 10.3. The van der Waals surface area contributed by atoms with Crippen molar-refractivity contribution in [3.05, 3.63) is 72.3 Å². The van der Waals surface area contributed by atoms with E-state index in [0.29, 0.717) is 6.42 Å². The third kappa shape index (κ3) is 3.46. The van der Waals surface area contributed by atoms with Gasteiger partial charge in [0, 0.05) is 6.42 Å². The molecule has 0 heterocycles. The van der Waals surface area contributed by atoms with Gasteiger partial charge in [-0.25, -0.2) is 0 Å². The molecule has 0 N–H and O–H groups in total. The van der Waals surface area contributed by atoms with Gasteiger partial charge in [-0.3, -0.25) is 4.79 Å². The Balaban J connectivity index is 2.18. The van der Waals surface area contributed by atoms with Gasteiger partial charge in [-0.1, -0.05) is 81.4 Å². The zero-order chi connectivity index (χ0) is 18.8. The highest BCUT2D eigenvalue weighted by Gasteiger charge is 2.51. The Morgan fingerprint density at radius 2 is 1.42 bits per heavy atom. The average molecular weight is 365 g/mol. The summed E-state index contributed by atoms with van der Waals surface area (Å²) >= 11 is 0. The van der Waals surface area contributed by atoms with Crippen LogP contribution in [-0.4, -0.2) is 20.2 Å². The van der Waals surface area contributed by atoms with Crippen molar-refractivity contribution in [1.29, 1.82) is 0 Å². The van der Waals surface area contributed by atoms with E-state index in [-0.39, 0.29) is 16.9 Å². The van der Waals surface area contributed by atoms with Crippen molar-refractivity contribution in [3.8, 4) is 0 Å². The molecule has 0 saturated carbocycles. The summed E-state index contributed by atoms with van der Waals surface area (Å²) < 4.78 is 7.09. The highest BCUT2D eigenvalue weighted by atomic mass is 28.4. The van der Waals surface area contributed by atoms with Crippen LogP contribution in [0.5, 0.6) is 0 Å². The lowest BCUT2D eigenvalue weighted by atomic mass is 9.97. The Morgan fingerprint density at radius 3 is 1.85 bits per heavy atom. The van der Waals surface area contributed by atoms with Crippen molar-refractivity contribution in [1.82, 2.24) is 0 Å². The summed E-state index contributed by atoms with van der Waals surface area (Å²) in [6, 6.07) is 21.3. The predicted molar refractivity (Wildman–Crippen MR) is 110 cm³/mol. The summed E-state index contributed by atoms with van der Waals surface area (Å²) in [5.74, 6) is 0.213. The number of rotatable bonds is 4. The SMILES string of the molecule is CC1=CC(=O)CC[C@@H]1O[Si](c1ccccc1)(c1ccccc1)C(C)(C)C. The first-order chi connectivity index (χ1) is 12.3. The van der Waals surface area contributed by atoms with Crippen LogP contribution in [0, 0.1) is 0 Å². The Morgan fingerprint density at radius 1 is 0.923 bits per heavy atom. The molecular weight excluding hydrogens is 336 g/mol. The van der Waals surface area contributed by atoms with Crippen LogP contribution in [0.2, 0.25) is 5.04 Å². The van der Waals surface area contributed by atoms with Crippen LogP contribution in [0.15, 0.2) is 72.3 Å². The minimum Gasteiger partial charge on any atom is -0.401 e. The smallest absolute Gasteiger partial charge is 0.261 e. The Bertz CT molecular complexity index is 748. The Hall–Kier alpha value is -1.97. The van der Waals surface area contributed by atoms with E-state index in [9.17, 15) is 4.79 Å². The van der Waals surface area contributed by atoms with E-state index in [2.05, 4.69) is 81.4 Å². The van der Waals surface area contributed by atoms with Gasteiger partial charge in [0.05, 0.1) is 6.10 Å².